The molecular formula is C14H13N5O. The summed E-state index contributed by atoms with van der Waals surface area (Å²) in [5.74, 6) is 0.569. The molecule has 0 unspecified atom stereocenters. The maximum Gasteiger partial charge on any atom is 0.345 e. The summed E-state index contributed by atoms with van der Waals surface area (Å²) < 4.78 is 7.29. The number of nitrogens with zero attached hydrogens (tertiary/aromatic N) is 4. The van der Waals surface area contributed by atoms with E-state index in [1.54, 1.807) is 6.07 Å². The van der Waals surface area contributed by atoms with Crippen LogP contribution in [0.3, 0.4) is 0 Å². The molecular weight excluding hydrogens is 254 g/mol. The van der Waals surface area contributed by atoms with Crippen LogP contribution < -0.4 is 10.5 Å². The average Bonchev–Trinajstić information content (AvgIpc) is 2.92. The third-order valence-corrected chi connectivity index (χ3v) is 2.88. The number of benzene rings is 2. The Kier molecular flexibility index (Phi) is 3.04. The van der Waals surface area contributed by atoms with Crippen molar-refractivity contribution in [2.45, 2.75) is 6.92 Å². The van der Waals surface area contributed by atoms with Gasteiger partial charge in [0.2, 0.25) is 0 Å². The lowest BCUT2D eigenvalue weighted by Crippen LogP contribution is -2.02. The largest absolute Gasteiger partial charge is 0.421 e. The second-order valence-electron chi connectivity index (χ2n) is 4.30. The van der Waals surface area contributed by atoms with Gasteiger partial charge in [-0.15, -0.1) is 0 Å². The van der Waals surface area contributed by atoms with Crippen LogP contribution in [-0.2, 0) is 0 Å². The van der Waals surface area contributed by atoms with Gasteiger partial charge in [0.05, 0.1) is 11.4 Å². The average molecular weight is 267 g/mol. The first-order chi connectivity index (χ1) is 9.75. The fraction of sp³-hybridized carbons (Fsp3) is 0.0714. The van der Waals surface area contributed by atoms with E-state index >= 15 is 0 Å². The van der Waals surface area contributed by atoms with Crippen LogP contribution in [0.5, 0.6) is 11.8 Å². The lowest BCUT2D eigenvalue weighted by Gasteiger charge is -2.10. The Morgan fingerprint density at radius 1 is 1.05 bits per heavy atom. The minimum atomic E-state index is 0.275. The second kappa shape index (κ2) is 5.00. The minimum Gasteiger partial charge on any atom is -0.421 e. The highest BCUT2D eigenvalue weighted by atomic mass is 16.5. The number of hydrogen-bond acceptors (Lipinski definition) is 5. The van der Waals surface area contributed by atoms with Crippen molar-refractivity contribution in [3.63, 3.8) is 0 Å². The van der Waals surface area contributed by atoms with E-state index in [0.29, 0.717) is 11.4 Å². The van der Waals surface area contributed by atoms with Gasteiger partial charge in [0, 0.05) is 0 Å². The Labute approximate surface area is 115 Å². The number of anilines is 1. The minimum absolute atomic E-state index is 0.275. The zero-order valence-electron chi connectivity index (χ0n) is 10.9. The van der Waals surface area contributed by atoms with Crippen LogP contribution >= 0.6 is 0 Å². The first kappa shape index (κ1) is 12.2. The molecule has 0 saturated carbocycles. The van der Waals surface area contributed by atoms with Crippen molar-refractivity contribution in [2.75, 3.05) is 5.73 Å². The van der Waals surface area contributed by atoms with Gasteiger partial charge >= 0.3 is 6.01 Å². The molecule has 1 heterocycles. The number of tetrazole rings is 1. The standard InChI is InChI=1S/C14H13N5O/c1-10-6-5-9-12(15)13(10)20-14-16-17-18-19(14)11-7-3-2-4-8-11/h2-9H,15H2,1H3. The molecule has 2 aromatic carbocycles. The van der Waals surface area contributed by atoms with Gasteiger partial charge in [-0.1, -0.05) is 35.4 Å². The zero-order chi connectivity index (χ0) is 13.9. The van der Waals surface area contributed by atoms with E-state index in [9.17, 15) is 0 Å². The molecule has 1 aromatic heterocycles. The summed E-state index contributed by atoms with van der Waals surface area (Å²) in [6.45, 7) is 1.92. The topological polar surface area (TPSA) is 78.8 Å². The van der Waals surface area contributed by atoms with Crippen molar-refractivity contribution in [3.8, 4) is 17.4 Å². The van der Waals surface area contributed by atoms with Crippen molar-refractivity contribution in [1.29, 1.82) is 0 Å². The summed E-state index contributed by atoms with van der Waals surface area (Å²) in [5, 5.41) is 11.5. The molecule has 0 aliphatic rings. The molecule has 0 spiro atoms. The van der Waals surface area contributed by atoms with Gasteiger partial charge < -0.3 is 10.5 Å². The fourth-order valence-electron chi connectivity index (χ4n) is 1.88. The van der Waals surface area contributed by atoms with E-state index < -0.39 is 0 Å². The lowest BCUT2D eigenvalue weighted by atomic mass is 10.2. The van der Waals surface area contributed by atoms with Gasteiger partial charge in [-0.2, -0.15) is 4.68 Å². The predicted molar refractivity (Wildman–Crippen MR) is 74.8 cm³/mol. The van der Waals surface area contributed by atoms with Gasteiger partial charge in [0.15, 0.2) is 5.75 Å². The van der Waals surface area contributed by atoms with Gasteiger partial charge in [-0.3, -0.25) is 0 Å². The van der Waals surface area contributed by atoms with Crippen LogP contribution in [0.1, 0.15) is 5.56 Å². The second-order valence-corrected chi connectivity index (χ2v) is 4.30. The van der Waals surface area contributed by atoms with Gasteiger partial charge in [-0.05, 0) is 41.1 Å². The summed E-state index contributed by atoms with van der Waals surface area (Å²) in [5.41, 5.74) is 8.22. The molecule has 3 rings (SSSR count). The molecule has 6 nitrogen and oxygen atoms in total. The highest BCUT2D eigenvalue weighted by Gasteiger charge is 2.13. The Morgan fingerprint density at radius 3 is 2.60 bits per heavy atom. The Hall–Kier alpha value is -2.89. The van der Waals surface area contributed by atoms with Crippen molar-refractivity contribution < 1.29 is 4.74 Å². The molecule has 0 aliphatic carbocycles. The zero-order valence-corrected chi connectivity index (χ0v) is 10.9. The summed E-state index contributed by atoms with van der Waals surface area (Å²) >= 11 is 0. The smallest absolute Gasteiger partial charge is 0.345 e. The third kappa shape index (κ3) is 2.18. The number of aryl methyl sites for hydroxylation is 1. The molecule has 0 radical (unpaired) electrons. The normalized spacial score (nSPS) is 10.4. The third-order valence-electron chi connectivity index (χ3n) is 2.88. The number of ether oxygens (including phenoxy) is 1. The Morgan fingerprint density at radius 2 is 1.85 bits per heavy atom. The van der Waals surface area contributed by atoms with Crippen LogP contribution in [0.4, 0.5) is 5.69 Å². The molecule has 0 fully saturated rings. The summed E-state index contributed by atoms with van der Waals surface area (Å²) in [4.78, 5) is 0. The number of hydrogen-bond donors (Lipinski definition) is 1. The predicted octanol–water partition coefficient (Wildman–Crippen LogP) is 2.35. The molecule has 6 heteroatoms. The van der Waals surface area contributed by atoms with E-state index in [-0.39, 0.29) is 6.01 Å². The molecule has 0 aliphatic heterocycles. The number of nitrogens with two attached hydrogens (primary N) is 1. The SMILES string of the molecule is Cc1cccc(N)c1Oc1nnnn1-c1ccccc1. The highest BCUT2D eigenvalue weighted by molar-refractivity contribution is 5.57. The van der Waals surface area contributed by atoms with Gasteiger partial charge in [0.25, 0.3) is 0 Å². The summed E-state index contributed by atoms with van der Waals surface area (Å²) in [6.07, 6.45) is 0. The molecule has 0 amide bonds. The molecule has 20 heavy (non-hydrogen) atoms. The number of nitrogen functional groups attached to an aromatic ring is 1. The molecule has 0 bridgehead atoms. The van der Waals surface area contributed by atoms with Crippen LogP contribution in [-0.4, -0.2) is 20.2 Å². The van der Waals surface area contributed by atoms with E-state index in [0.717, 1.165) is 11.3 Å². The Bertz CT molecular complexity index is 703. The maximum atomic E-state index is 5.92. The van der Waals surface area contributed by atoms with E-state index in [1.807, 2.05) is 49.4 Å². The van der Waals surface area contributed by atoms with Gasteiger partial charge in [-0.25, -0.2) is 0 Å². The van der Waals surface area contributed by atoms with Crippen molar-refractivity contribution in [3.05, 3.63) is 54.1 Å². The van der Waals surface area contributed by atoms with Crippen molar-refractivity contribution in [2.24, 2.45) is 0 Å². The van der Waals surface area contributed by atoms with Crippen LogP contribution in [0.25, 0.3) is 5.69 Å². The number of aromatic nitrogens is 4. The Balaban J connectivity index is 1.99. The van der Waals surface area contributed by atoms with Crippen LogP contribution in [0.2, 0.25) is 0 Å². The molecule has 2 N–H and O–H groups in total. The number of rotatable bonds is 3. The lowest BCUT2D eigenvalue weighted by molar-refractivity contribution is 0.426. The quantitative estimate of drug-likeness (QED) is 0.737. The first-order valence-electron chi connectivity index (χ1n) is 6.12. The molecule has 100 valence electrons. The summed E-state index contributed by atoms with van der Waals surface area (Å²) in [7, 11) is 0. The monoisotopic (exact) mass is 267 g/mol. The molecule has 0 atom stereocenters. The van der Waals surface area contributed by atoms with Crippen LogP contribution in [0.15, 0.2) is 48.5 Å². The fourth-order valence-corrected chi connectivity index (χ4v) is 1.88. The highest BCUT2D eigenvalue weighted by Crippen LogP contribution is 2.30. The molecule has 0 saturated heterocycles. The molecule has 3 aromatic rings. The van der Waals surface area contributed by atoms with Crippen molar-refractivity contribution in [1.82, 2.24) is 20.2 Å². The number of para-hydroxylation sites is 2. The van der Waals surface area contributed by atoms with E-state index in [4.69, 9.17) is 10.5 Å². The van der Waals surface area contributed by atoms with Gasteiger partial charge in [0.1, 0.15) is 0 Å². The maximum absolute atomic E-state index is 5.92. The van der Waals surface area contributed by atoms with Crippen molar-refractivity contribution >= 4 is 5.69 Å². The van der Waals surface area contributed by atoms with Crippen LogP contribution in [0, 0.1) is 6.92 Å². The van der Waals surface area contributed by atoms with E-state index in [2.05, 4.69) is 15.5 Å². The summed E-state index contributed by atoms with van der Waals surface area (Å²) in [6, 6.07) is 15.4. The first-order valence-corrected chi connectivity index (χ1v) is 6.12. The van der Waals surface area contributed by atoms with E-state index in [1.165, 1.54) is 4.68 Å².